The lowest BCUT2D eigenvalue weighted by Crippen LogP contribution is -2.10. The molecule has 0 aliphatic rings. The van der Waals surface area contributed by atoms with Crippen LogP contribution in [0.25, 0.3) is 0 Å². The van der Waals surface area contributed by atoms with Gasteiger partial charge in [-0.3, -0.25) is 4.79 Å². The zero-order valence-electron chi connectivity index (χ0n) is 11.2. The number of anilines is 1. The van der Waals surface area contributed by atoms with Gasteiger partial charge in [0.1, 0.15) is 5.75 Å². The van der Waals surface area contributed by atoms with E-state index in [9.17, 15) is 9.59 Å². The van der Waals surface area contributed by atoms with Gasteiger partial charge in [0.05, 0.1) is 24.6 Å². The molecule has 1 amide bonds. The molecule has 4 N–H and O–H groups in total. The SMILES string of the molecule is COC(=O)c1cc(Oc2ccc(C(N)=O)cc2)ncc1N. The van der Waals surface area contributed by atoms with E-state index in [0.29, 0.717) is 11.3 Å². The second-order valence-electron chi connectivity index (χ2n) is 4.09. The fourth-order valence-electron chi connectivity index (χ4n) is 1.60. The Balaban J connectivity index is 2.23. The number of esters is 1. The molecule has 2 aromatic rings. The summed E-state index contributed by atoms with van der Waals surface area (Å²) in [4.78, 5) is 26.4. The number of amides is 1. The van der Waals surface area contributed by atoms with Crippen LogP contribution in [0.5, 0.6) is 11.6 Å². The first kappa shape index (κ1) is 14.3. The van der Waals surface area contributed by atoms with Crippen LogP contribution in [-0.2, 0) is 4.74 Å². The standard InChI is InChI=1S/C14H13N3O4/c1-20-14(19)10-6-12(17-7-11(10)15)21-9-4-2-8(3-5-9)13(16)18/h2-7H,15H2,1H3,(H2,16,18). The molecule has 0 bridgehead atoms. The second kappa shape index (κ2) is 5.91. The molecule has 0 aliphatic heterocycles. The van der Waals surface area contributed by atoms with Gasteiger partial charge in [-0.15, -0.1) is 0 Å². The normalized spacial score (nSPS) is 9.95. The molecule has 0 atom stereocenters. The Hall–Kier alpha value is -3.09. The van der Waals surface area contributed by atoms with Crippen LogP contribution in [0.1, 0.15) is 20.7 Å². The Labute approximate surface area is 120 Å². The number of nitrogens with two attached hydrogens (primary N) is 2. The molecule has 0 saturated heterocycles. The van der Waals surface area contributed by atoms with Crippen molar-refractivity contribution in [2.75, 3.05) is 12.8 Å². The van der Waals surface area contributed by atoms with Crippen LogP contribution in [0.3, 0.4) is 0 Å². The highest BCUT2D eigenvalue weighted by atomic mass is 16.5. The lowest BCUT2D eigenvalue weighted by Gasteiger charge is -2.08. The maximum Gasteiger partial charge on any atom is 0.340 e. The van der Waals surface area contributed by atoms with Crippen LogP contribution in [0.15, 0.2) is 36.5 Å². The van der Waals surface area contributed by atoms with Gasteiger partial charge < -0.3 is 20.9 Å². The molecule has 1 heterocycles. The molecule has 2 rings (SSSR count). The van der Waals surface area contributed by atoms with E-state index >= 15 is 0 Å². The van der Waals surface area contributed by atoms with E-state index in [4.69, 9.17) is 16.2 Å². The molecule has 21 heavy (non-hydrogen) atoms. The van der Waals surface area contributed by atoms with E-state index in [1.165, 1.54) is 31.5 Å². The highest BCUT2D eigenvalue weighted by molar-refractivity contribution is 5.95. The van der Waals surface area contributed by atoms with Crippen LogP contribution in [0, 0.1) is 0 Å². The van der Waals surface area contributed by atoms with E-state index in [1.807, 2.05) is 0 Å². The molecule has 1 aromatic heterocycles. The van der Waals surface area contributed by atoms with Gasteiger partial charge in [-0.2, -0.15) is 0 Å². The Morgan fingerprint density at radius 1 is 1.19 bits per heavy atom. The summed E-state index contributed by atoms with van der Waals surface area (Å²) in [5.74, 6) is -0.492. The van der Waals surface area contributed by atoms with Crippen LogP contribution in [-0.4, -0.2) is 24.0 Å². The highest BCUT2D eigenvalue weighted by Crippen LogP contribution is 2.23. The van der Waals surface area contributed by atoms with Crippen molar-refractivity contribution in [3.05, 3.63) is 47.7 Å². The maximum atomic E-state index is 11.5. The summed E-state index contributed by atoms with van der Waals surface area (Å²) in [6, 6.07) is 7.56. The summed E-state index contributed by atoms with van der Waals surface area (Å²) in [7, 11) is 1.26. The second-order valence-corrected chi connectivity index (χ2v) is 4.09. The van der Waals surface area contributed by atoms with Gasteiger partial charge in [0.15, 0.2) is 0 Å². The van der Waals surface area contributed by atoms with E-state index in [1.54, 1.807) is 12.1 Å². The monoisotopic (exact) mass is 287 g/mol. The van der Waals surface area contributed by atoms with Gasteiger partial charge in [0, 0.05) is 11.6 Å². The van der Waals surface area contributed by atoms with Crippen molar-refractivity contribution in [1.82, 2.24) is 4.98 Å². The molecule has 0 radical (unpaired) electrons. The number of carbonyl (C=O) groups excluding carboxylic acids is 2. The molecule has 1 aromatic carbocycles. The summed E-state index contributed by atoms with van der Waals surface area (Å²) in [5.41, 5.74) is 11.5. The van der Waals surface area contributed by atoms with Crippen molar-refractivity contribution in [1.29, 1.82) is 0 Å². The third-order valence-corrected chi connectivity index (χ3v) is 2.68. The van der Waals surface area contributed by atoms with Gasteiger partial charge >= 0.3 is 5.97 Å². The molecule has 7 heteroatoms. The number of nitrogen functional groups attached to an aromatic ring is 1. The van der Waals surface area contributed by atoms with Gasteiger partial charge in [0.2, 0.25) is 11.8 Å². The van der Waals surface area contributed by atoms with Gasteiger partial charge in [-0.1, -0.05) is 0 Å². The lowest BCUT2D eigenvalue weighted by molar-refractivity contribution is 0.0601. The fraction of sp³-hybridized carbons (Fsp3) is 0.0714. The van der Waals surface area contributed by atoms with Crippen molar-refractivity contribution < 1.29 is 19.1 Å². The molecule has 0 saturated carbocycles. The Morgan fingerprint density at radius 2 is 1.86 bits per heavy atom. The summed E-state index contributed by atoms with van der Waals surface area (Å²) in [6.07, 6.45) is 1.30. The van der Waals surface area contributed by atoms with Gasteiger partial charge in [0.25, 0.3) is 0 Å². The summed E-state index contributed by atoms with van der Waals surface area (Å²) >= 11 is 0. The topological polar surface area (TPSA) is 118 Å². The molecule has 0 fully saturated rings. The minimum atomic E-state index is -0.580. The van der Waals surface area contributed by atoms with E-state index < -0.39 is 11.9 Å². The Bertz CT molecular complexity index is 683. The molecular weight excluding hydrogens is 274 g/mol. The number of aromatic nitrogens is 1. The third kappa shape index (κ3) is 3.27. The largest absolute Gasteiger partial charge is 0.465 e. The van der Waals surface area contributed by atoms with E-state index in [2.05, 4.69) is 9.72 Å². The predicted molar refractivity (Wildman–Crippen MR) is 75.0 cm³/mol. The predicted octanol–water partition coefficient (Wildman–Crippen LogP) is 1.34. The first-order chi connectivity index (χ1) is 10.0. The van der Waals surface area contributed by atoms with Gasteiger partial charge in [-0.25, -0.2) is 9.78 Å². The van der Waals surface area contributed by atoms with Crippen molar-refractivity contribution in [3.8, 4) is 11.6 Å². The molecule has 0 spiro atoms. The molecule has 0 aliphatic carbocycles. The first-order valence-electron chi connectivity index (χ1n) is 5.93. The quantitative estimate of drug-likeness (QED) is 0.819. The zero-order chi connectivity index (χ0) is 15.4. The number of rotatable bonds is 4. The van der Waals surface area contributed by atoms with Crippen LogP contribution < -0.4 is 16.2 Å². The molecular formula is C14H13N3O4. The van der Waals surface area contributed by atoms with Crippen molar-refractivity contribution >= 4 is 17.6 Å². The van der Waals surface area contributed by atoms with Crippen molar-refractivity contribution in [2.45, 2.75) is 0 Å². The minimum absolute atomic E-state index is 0.163. The van der Waals surface area contributed by atoms with Crippen molar-refractivity contribution in [3.63, 3.8) is 0 Å². The van der Waals surface area contributed by atoms with E-state index in [-0.39, 0.29) is 17.1 Å². The van der Waals surface area contributed by atoms with Gasteiger partial charge in [-0.05, 0) is 24.3 Å². The average Bonchev–Trinajstić information content (AvgIpc) is 2.49. The number of carbonyl (C=O) groups is 2. The fourth-order valence-corrected chi connectivity index (χ4v) is 1.60. The zero-order valence-corrected chi connectivity index (χ0v) is 11.2. The molecule has 7 nitrogen and oxygen atoms in total. The number of methoxy groups -OCH3 is 1. The minimum Gasteiger partial charge on any atom is -0.465 e. The number of benzene rings is 1. The van der Waals surface area contributed by atoms with E-state index in [0.717, 1.165) is 0 Å². The first-order valence-corrected chi connectivity index (χ1v) is 5.93. The number of ether oxygens (including phenoxy) is 2. The number of primary amides is 1. The average molecular weight is 287 g/mol. The number of hydrogen-bond donors (Lipinski definition) is 2. The van der Waals surface area contributed by atoms with Crippen LogP contribution in [0.4, 0.5) is 5.69 Å². The van der Waals surface area contributed by atoms with Crippen LogP contribution in [0.2, 0.25) is 0 Å². The third-order valence-electron chi connectivity index (χ3n) is 2.68. The number of nitrogens with zero attached hydrogens (tertiary/aromatic N) is 1. The number of hydrogen-bond acceptors (Lipinski definition) is 6. The lowest BCUT2D eigenvalue weighted by atomic mass is 10.2. The van der Waals surface area contributed by atoms with Crippen LogP contribution >= 0.6 is 0 Å². The maximum absolute atomic E-state index is 11.5. The Kier molecular flexibility index (Phi) is 4.03. The smallest absolute Gasteiger partial charge is 0.340 e. The van der Waals surface area contributed by atoms with Crippen molar-refractivity contribution in [2.24, 2.45) is 5.73 Å². The summed E-state index contributed by atoms with van der Waals surface area (Å²) in [6.45, 7) is 0. The molecule has 0 unspecified atom stereocenters. The summed E-state index contributed by atoms with van der Waals surface area (Å²) in [5, 5.41) is 0. The highest BCUT2D eigenvalue weighted by Gasteiger charge is 2.12. The Morgan fingerprint density at radius 3 is 2.43 bits per heavy atom. The summed E-state index contributed by atoms with van der Waals surface area (Å²) < 4.78 is 10.1. The molecule has 108 valence electrons. The number of pyridine rings is 1.